The Balaban J connectivity index is 1.46. The molecule has 3 aromatic rings. The molecule has 11 heteroatoms. The molecule has 1 aliphatic rings. The van der Waals surface area contributed by atoms with Gasteiger partial charge in [-0.25, -0.2) is 13.4 Å². The molecule has 4 rings (SSSR count). The molecule has 0 spiro atoms. The number of hydrogen-bond acceptors (Lipinski definition) is 8. The zero-order valence-corrected chi connectivity index (χ0v) is 18.9. The van der Waals surface area contributed by atoms with E-state index < -0.39 is 15.9 Å². The molecule has 3 heterocycles. The third-order valence-corrected chi connectivity index (χ3v) is 8.04. The average Bonchev–Trinajstić information content (AvgIpc) is 3.21. The van der Waals surface area contributed by atoms with E-state index in [2.05, 4.69) is 20.5 Å². The van der Waals surface area contributed by atoms with Crippen LogP contribution < -0.4 is 5.32 Å². The number of aromatic nitrogens is 3. The van der Waals surface area contributed by atoms with Gasteiger partial charge in [0, 0.05) is 18.7 Å². The van der Waals surface area contributed by atoms with Crippen LogP contribution in [0.1, 0.15) is 46.7 Å². The average molecular weight is 462 g/mol. The van der Waals surface area contributed by atoms with Crippen LogP contribution in [0.2, 0.25) is 0 Å². The number of rotatable bonds is 5. The van der Waals surface area contributed by atoms with Gasteiger partial charge >= 0.3 is 6.01 Å². The normalized spacial score (nSPS) is 15.5. The van der Waals surface area contributed by atoms with E-state index in [4.69, 9.17) is 4.42 Å². The molecule has 0 radical (unpaired) electrons. The van der Waals surface area contributed by atoms with Crippen LogP contribution in [0, 0.1) is 13.8 Å². The number of hydrogen-bond donors (Lipinski definition) is 1. The molecule has 2 aromatic heterocycles. The summed E-state index contributed by atoms with van der Waals surface area (Å²) >= 11 is 1.43. The Kier molecular flexibility index (Phi) is 6.17. The summed E-state index contributed by atoms with van der Waals surface area (Å²) in [5, 5.41) is 11.3. The lowest BCUT2D eigenvalue weighted by Gasteiger charge is -2.19. The number of sulfonamides is 1. The highest BCUT2D eigenvalue weighted by Crippen LogP contribution is 2.29. The first-order valence-electron chi connectivity index (χ1n) is 10.0. The van der Waals surface area contributed by atoms with Crippen molar-refractivity contribution in [2.24, 2.45) is 0 Å². The number of thiazole rings is 1. The van der Waals surface area contributed by atoms with Crippen LogP contribution in [0.4, 0.5) is 6.01 Å². The molecule has 31 heavy (non-hydrogen) atoms. The maximum atomic E-state index is 12.9. The number of nitrogens with one attached hydrogen (secondary N) is 1. The number of carbonyl (C=O) groups is 1. The van der Waals surface area contributed by atoms with Crippen molar-refractivity contribution in [1.29, 1.82) is 0 Å². The summed E-state index contributed by atoms with van der Waals surface area (Å²) < 4.78 is 32.8. The monoisotopic (exact) mass is 461 g/mol. The second-order valence-corrected chi connectivity index (χ2v) is 10.5. The molecule has 0 atom stereocenters. The standard InChI is InChI=1S/C20H23N5O4S2/c1-13-17(30-14(2)21-13)19-23-24-20(29-19)22-18(26)15-7-9-16(10-8-15)31(27,28)25-11-5-3-4-6-12-25/h7-10H,3-6,11-12H2,1-2H3,(H,22,24,26). The predicted molar refractivity (Wildman–Crippen MR) is 117 cm³/mol. The smallest absolute Gasteiger partial charge is 0.322 e. The highest BCUT2D eigenvalue weighted by atomic mass is 32.2. The van der Waals surface area contributed by atoms with Crippen molar-refractivity contribution in [3.05, 3.63) is 40.5 Å². The third kappa shape index (κ3) is 4.68. The molecule has 1 amide bonds. The number of carbonyl (C=O) groups excluding carboxylic acids is 1. The molecule has 1 saturated heterocycles. The first kappa shape index (κ1) is 21.6. The molecule has 1 aliphatic heterocycles. The van der Waals surface area contributed by atoms with Crippen LogP contribution in [-0.2, 0) is 10.0 Å². The lowest BCUT2D eigenvalue weighted by Crippen LogP contribution is -2.31. The molecule has 1 fully saturated rings. The Morgan fingerprint density at radius 1 is 1.06 bits per heavy atom. The number of amides is 1. The second kappa shape index (κ2) is 8.85. The zero-order valence-electron chi connectivity index (χ0n) is 17.3. The van der Waals surface area contributed by atoms with Crippen molar-refractivity contribution in [3.63, 3.8) is 0 Å². The molecule has 0 bridgehead atoms. The van der Waals surface area contributed by atoms with Crippen molar-refractivity contribution in [1.82, 2.24) is 19.5 Å². The van der Waals surface area contributed by atoms with Crippen LogP contribution in [0.3, 0.4) is 0 Å². The van der Waals surface area contributed by atoms with E-state index in [1.807, 2.05) is 13.8 Å². The van der Waals surface area contributed by atoms with Gasteiger partial charge in [-0.15, -0.1) is 16.4 Å². The van der Waals surface area contributed by atoms with E-state index in [1.54, 1.807) is 0 Å². The molecule has 0 saturated carbocycles. The lowest BCUT2D eigenvalue weighted by atomic mass is 10.2. The summed E-state index contributed by atoms with van der Waals surface area (Å²) in [5.41, 5.74) is 1.07. The molecule has 0 aliphatic carbocycles. The van der Waals surface area contributed by atoms with E-state index >= 15 is 0 Å². The maximum absolute atomic E-state index is 12.9. The predicted octanol–water partition coefficient (Wildman–Crippen LogP) is 3.63. The van der Waals surface area contributed by atoms with Gasteiger partial charge in [0.25, 0.3) is 11.8 Å². The Hall–Kier alpha value is -2.63. The van der Waals surface area contributed by atoms with Crippen molar-refractivity contribution in [2.45, 2.75) is 44.4 Å². The minimum Gasteiger partial charge on any atom is -0.402 e. The van der Waals surface area contributed by atoms with Gasteiger partial charge in [0.05, 0.1) is 15.6 Å². The van der Waals surface area contributed by atoms with Crippen molar-refractivity contribution in [3.8, 4) is 10.8 Å². The zero-order chi connectivity index (χ0) is 22.0. The van der Waals surface area contributed by atoms with Gasteiger partial charge in [0.1, 0.15) is 4.88 Å². The number of nitrogens with zero attached hydrogens (tertiary/aromatic N) is 4. The van der Waals surface area contributed by atoms with E-state index in [1.165, 1.54) is 39.9 Å². The fourth-order valence-corrected chi connectivity index (χ4v) is 5.83. The Morgan fingerprint density at radius 3 is 2.35 bits per heavy atom. The number of benzene rings is 1. The van der Waals surface area contributed by atoms with Gasteiger partial charge in [-0.1, -0.05) is 17.9 Å². The molecule has 164 valence electrons. The molecular formula is C20H23N5O4S2. The largest absolute Gasteiger partial charge is 0.402 e. The summed E-state index contributed by atoms with van der Waals surface area (Å²) in [6, 6.07) is 5.84. The van der Waals surface area contributed by atoms with Gasteiger partial charge in [-0.05, 0) is 51.0 Å². The Morgan fingerprint density at radius 2 is 1.74 bits per heavy atom. The summed E-state index contributed by atoms with van der Waals surface area (Å²) in [6.07, 6.45) is 3.83. The SMILES string of the molecule is Cc1nc(C)c(-c2nnc(NC(=O)c3ccc(S(=O)(=O)N4CCCCCC4)cc3)o2)s1. The fraction of sp³-hybridized carbons (Fsp3) is 0.400. The number of aryl methyl sites for hydroxylation is 2. The Bertz CT molecular complexity index is 1180. The quantitative estimate of drug-likeness (QED) is 0.616. The highest BCUT2D eigenvalue weighted by molar-refractivity contribution is 7.89. The van der Waals surface area contributed by atoms with E-state index in [0.29, 0.717) is 18.7 Å². The van der Waals surface area contributed by atoms with Crippen molar-refractivity contribution in [2.75, 3.05) is 18.4 Å². The second-order valence-electron chi connectivity index (χ2n) is 7.36. The maximum Gasteiger partial charge on any atom is 0.322 e. The summed E-state index contributed by atoms with van der Waals surface area (Å²) in [7, 11) is -3.56. The topological polar surface area (TPSA) is 118 Å². The number of anilines is 1. The van der Waals surface area contributed by atoms with Crippen LogP contribution >= 0.6 is 11.3 Å². The van der Waals surface area contributed by atoms with Crippen molar-refractivity contribution >= 4 is 33.3 Å². The van der Waals surface area contributed by atoms with Gasteiger partial charge in [0.2, 0.25) is 10.0 Å². The molecule has 1 aromatic carbocycles. The van der Waals surface area contributed by atoms with E-state index in [0.717, 1.165) is 41.3 Å². The summed E-state index contributed by atoms with van der Waals surface area (Å²) in [6.45, 7) is 4.80. The minimum atomic E-state index is -3.56. The van der Waals surface area contributed by atoms with Crippen LogP contribution in [0.5, 0.6) is 0 Å². The van der Waals surface area contributed by atoms with Gasteiger partial charge in [-0.2, -0.15) is 4.31 Å². The third-order valence-electron chi connectivity index (χ3n) is 5.06. The lowest BCUT2D eigenvalue weighted by molar-refractivity contribution is 0.102. The van der Waals surface area contributed by atoms with Gasteiger partial charge in [-0.3, -0.25) is 10.1 Å². The molecule has 0 unspecified atom stereocenters. The molecular weight excluding hydrogens is 438 g/mol. The summed E-state index contributed by atoms with van der Waals surface area (Å²) in [5.74, 6) is -0.177. The van der Waals surface area contributed by atoms with Crippen LogP contribution in [0.25, 0.3) is 10.8 Å². The minimum absolute atomic E-state index is 0.0354. The first-order chi connectivity index (χ1) is 14.8. The molecule has 9 nitrogen and oxygen atoms in total. The van der Waals surface area contributed by atoms with Gasteiger partial charge < -0.3 is 4.42 Å². The van der Waals surface area contributed by atoms with Crippen molar-refractivity contribution < 1.29 is 17.6 Å². The fourth-order valence-electron chi connectivity index (χ4n) is 3.47. The summed E-state index contributed by atoms with van der Waals surface area (Å²) in [4.78, 5) is 17.8. The van der Waals surface area contributed by atoms with E-state index in [-0.39, 0.29) is 16.8 Å². The van der Waals surface area contributed by atoms with Gasteiger partial charge in [0.15, 0.2) is 0 Å². The molecule has 1 N–H and O–H groups in total. The Labute approximate surface area is 184 Å². The highest BCUT2D eigenvalue weighted by Gasteiger charge is 2.25. The first-order valence-corrected chi connectivity index (χ1v) is 12.3. The van der Waals surface area contributed by atoms with E-state index in [9.17, 15) is 13.2 Å². The van der Waals surface area contributed by atoms with Crippen LogP contribution in [-0.4, -0.2) is 46.9 Å². The van der Waals surface area contributed by atoms with Crippen LogP contribution in [0.15, 0.2) is 33.6 Å².